The van der Waals surface area contributed by atoms with Crippen LogP contribution in [-0.2, 0) is 0 Å². The second-order valence-corrected chi connectivity index (χ2v) is 2.49. The van der Waals surface area contributed by atoms with Gasteiger partial charge in [0.25, 0.3) is 5.75 Å². The molecule has 0 heterocycles. The second-order valence-electron chi connectivity index (χ2n) is 2.49. The van der Waals surface area contributed by atoms with Crippen LogP contribution in [0.5, 0.6) is 5.75 Å². The molecule has 0 spiro atoms. The van der Waals surface area contributed by atoms with E-state index in [1.54, 1.807) is 6.92 Å². The van der Waals surface area contributed by atoms with Crippen molar-refractivity contribution in [2.75, 3.05) is 6.61 Å². The van der Waals surface area contributed by atoms with Crippen LogP contribution in [0.4, 0.5) is 11.4 Å². The third kappa shape index (κ3) is 2.19. The van der Waals surface area contributed by atoms with Gasteiger partial charge >= 0.3 is 11.4 Å². The summed E-state index contributed by atoms with van der Waals surface area (Å²) in [6.45, 7) is 1.69. The van der Waals surface area contributed by atoms with Gasteiger partial charge in [-0.2, -0.15) is 0 Å². The average Bonchev–Trinajstić information content (AvgIpc) is 2.17. The summed E-state index contributed by atoms with van der Waals surface area (Å²) < 4.78 is 4.88. The van der Waals surface area contributed by atoms with Gasteiger partial charge in [0.1, 0.15) is 0 Å². The summed E-state index contributed by atoms with van der Waals surface area (Å²) in [6, 6.07) is 4.52. The van der Waals surface area contributed by atoms with E-state index in [0.29, 0.717) is 0 Å². The summed E-state index contributed by atoms with van der Waals surface area (Å²) in [4.78, 5) is 19.6. The minimum absolute atomic E-state index is 0.111. The zero-order valence-electron chi connectivity index (χ0n) is 7.80. The zero-order chi connectivity index (χ0) is 11.4. The van der Waals surface area contributed by atoms with Crippen molar-refractivity contribution >= 4 is 11.4 Å². The van der Waals surface area contributed by atoms with E-state index in [2.05, 4.69) is 6.07 Å². The van der Waals surface area contributed by atoms with E-state index in [1.807, 2.05) is 0 Å². The molecule has 0 aliphatic heterocycles. The zero-order valence-corrected chi connectivity index (χ0v) is 7.80. The number of hydrogen-bond acceptors (Lipinski definition) is 5. The van der Waals surface area contributed by atoms with E-state index >= 15 is 0 Å². The summed E-state index contributed by atoms with van der Waals surface area (Å²) in [5, 5.41) is 21.1. The number of benzene rings is 1. The predicted octanol–water partition coefficient (Wildman–Crippen LogP) is 1.70. The molecule has 0 aliphatic rings. The molecular formula is C8H7N2O5. The van der Waals surface area contributed by atoms with Crippen molar-refractivity contribution in [2.24, 2.45) is 0 Å². The Morgan fingerprint density at radius 1 is 1.40 bits per heavy atom. The summed E-state index contributed by atoms with van der Waals surface area (Å²) in [7, 11) is 0. The number of nitrogens with zero attached hydrogens (tertiary/aromatic N) is 2. The Labute approximate surface area is 84.6 Å². The smallest absolute Gasteiger partial charge is 0.326 e. The molecular weight excluding hydrogens is 204 g/mol. The maximum absolute atomic E-state index is 10.6. The normalized spacial score (nSPS) is 9.67. The molecule has 0 aromatic heterocycles. The molecule has 0 aliphatic carbocycles. The molecule has 0 amide bonds. The Bertz CT molecular complexity index is 372. The summed E-state index contributed by atoms with van der Waals surface area (Å²) in [6.07, 6.45) is 0. The first-order chi connectivity index (χ1) is 7.07. The van der Waals surface area contributed by atoms with E-state index in [-0.39, 0.29) is 12.4 Å². The molecule has 0 fully saturated rings. The van der Waals surface area contributed by atoms with Crippen molar-refractivity contribution in [3.63, 3.8) is 0 Å². The van der Waals surface area contributed by atoms with Crippen molar-refractivity contribution < 1.29 is 14.6 Å². The predicted molar refractivity (Wildman–Crippen MR) is 49.8 cm³/mol. The van der Waals surface area contributed by atoms with Gasteiger partial charge in [0.05, 0.1) is 22.5 Å². The lowest BCUT2D eigenvalue weighted by Crippen LogP contribution is -2.01. The van der Waals surface area contributed by atoms with E-state index < -0.39 is 21.2 Å². The fourth-order valence-corrected chi connectivity index (χ4v) is 1.03. The lowest BCUT2D eigenvalue weighted by molar-refractivity contribution is -0.396. The molecule has 0 unspecified atom stereocenters. The standard InChI is InChI=1S/C8H7N2O5/c1-2-15-8-6(9(11)12)4-3-5-7(8)10(13)14/h3-4H,2H2,1H3. The van der Waals surface area contributed by atoms with Crippen LogP contribution in [0.25, 0.3) is 0 Å². The van der Waals surface area contributed by atoms with E-state index in [4.69, 9.17) is 4.74 Å². The van der Waals surface area contributed by atoms with Crippen LogP contribution < -0.4 is 4.74 Å². The SMILES string of the molecule is CCOc1c([N+](=O)[O-])[c]ccc1[N+](=O)[O-]. The van der Waals surface area contributed by atoms with Crippen molar-refractivity contribution in [3.05, 3.63) is 38.4 Å². The maximum Gasteiger partial charge on any atom is 0.326 e. The first-order valence-electron chi connectivity index (χ1n) is 4.04. The van der Waals surface area contributed by atoms with Crippen LogP contribution in [0.2, 0.25) is 0 Å². The monoisotopic (exact) mass is 211 g/mol. The second kappa shape index (κ2) is 4.36. The fourth-order valence-electron chi connectivity index (χ4n) is 1.03. The first-order valence-corrected chi connectivity index (χ1v) is 4.04. The molecule has 0 saturated carbocycles. The van der Waals surface area contributed by atoms with Crippen molar-refractivity contribution in [1.82, 2.24) is 0 Å². The van der Waals surface area contributed by atoms with Gasteiger partial charge in [0.2, 0.25) is 0 Å². The quantitative estimate of drug-likeness (QED) is 0.557. The van der Waals surface area contributed by atoms with Crippen molar-refractivity contribution in [1.29, 1.82) is 0 Å². The molecule has 1 radical (unpaired) electrons. The van der Waals surface area contributed by atoms with Gasteiger partial charge in [0, 0.05) is 6.07 Å². The highest BCUT2D eigenvalue weighted by atomic mass is 16.6. The molecule has 0 saturated heterocycles. The third-order valence-electron chi connectivity index (χ3n) is 1.58. The molecule has 7 nitrogen and oxygen atoms in total. The number of rotatable bonds is 4. The number of nitro benzene ring substituents is 2. The number of hydrogen-bond donors (Lipinski definition) is 0. The highest BCUT2D eigenvalue weighted by Crippen LogP contribution is 2.35. The van der Waals surface area contributed by atoms with Gasteiger partial charge in [-0.15, -0.1) is 0 Å². The number of ether oxygens (including phenoxy) is 1. The van der Waals surface area contributed by atoms with Gasteiger partial charge in [-0.1, -0.05) is 0 Å². The van der Waals surface area contributed by atoms with Gasteiger partial charge in [-0.05, 0) is 13.0 Å². The maximum atomic E-state index is 10.6. The highest BCUT2D eigenvalue weighted by Gasteiger charge is 2.26. The van der Waals surface area contributed by atoms with E-state index in [0.717, 1.165) is 12.1 Å². The van der Waals surface area contributed by atoms with Gasteiger partial charge in [0.15, 0.2) is 0 Å². The minimum atomic E-state index is -0.766. The summed E-state index contributed by atoms with van der Waals surface area (Å²) >= 11 is 0. The van der Waals surface area contributed by atoms with Crippen molar-refractivity contribution in [3.8, 4) is 5.75 Å². The molecule has 0 N–H and O–H groups in total. The molecule has 1 aromatic carbocycles. The van der Waals surface area contributed by atoms with Crippen LogP contribution in [0, 0.1) is 26.3 Å². The Morgan fingerprint density at radius 3 is 2.53 bits per heavy atom. The van der Waals surface area contributed by atoms with Crippen LogP contribution in [-0.4, -0.2) is 16.5 Å². The van der Waals surface area contributed by atoms with Gasteiger partial charge in [-0.25, -0.2) is 0 Å². The Balaban J connectivity index is 3.34. The highest BCUT2D eigenvalue weighted by molar-refractivity contribution is 5.59. The Hall–Kier alpha value is -2.18. The minimum Gasteiger partial charge on any atom is -0.482 e. The van der Waals surface area contributed by atoms with Crippen LogP contribution in [0.15, 0.2) is 12.1 Å². The third-order valence-corrected chi connectivity index (χ3v) is 1.58. The van der Waals surface area contributed by atoms with Crippen LogP contribution >= 0.6 is 0 Å². The summed E-state index contributed by atoms with van der Waals surface area (Å²) in [5.74, 6) is -0.352. The fraction of sp³-hybridized carbons (Fsp3) is 0.250. The van der Waals surface area contributed by atoms with Gasteiger partial charge < -0.3 is 4.74 Å². The molecule has 7 heteroatoms. The summed E-state index contributed by atoms with van der Waals surface area (Å²) in [5.41, 5.74) is -0.951. The van der Waals surface area contributed by atoms with Gasteiger partial charge in [-0.3, -0.25) is 20.2 Å². The Morgan fingerprint density at radius 2 is 2.07 bits per heavy atom. The van der Waals surface area contributed by atoms with Crippen LogP contribution in [0.3, 0.4) is 0 Å². The Kier molecular flexibility index (Phi) is 3.17. The average molecular weight is 211 g/mol. The largest absolute Gasteiger partial charge is 0.482 e. The molecule has 79 valence electrons. The van der Waals surface area contributed by atoms with Crippen LogP contribution in [0.1, 0.15) is 6.92 Å². The molecule has 0 atom stereocenters. The molecule has 1 aromatic rings. The first kappa shape index (κ1) is 10.9. The number of nitro groups is 2. The molecule has 0 bridgehead atoms. The lowest BCUT2D eigenvalue weighted by atomic mass is 10.2. The van der Waals surface area contributed by atoms with Crippen molar-refractivity contribution in [2.45, 2.75) is 6.92 Å². The van der Waals surface area contributed by atoms with E-state index in [1.165, 1.54) is 0 Å². The van der Waals surface area contributed by atoms with E-state index in [9.17, 15) is 20.2 Å². The topological polar surface area (TPSA) is 95.5 Å². The molecule has 15 heavy (non-hydrogen) atoms. The lowest BCUT2D eigenvalue weighted by Gasteiger charge is -2.03. The molecule has 1 rings (SSSR count).